The first-order chi connectivity index (χ1) is 7.45. The third-order valence-electron chi connectivity index (χ3n) is 2.95. The van der Waals surface area contributed by atoms with Crippen LogP contribution in [0.5, 0.6) is 0 Å². The Kier molecular flexibility index (Phi) is 2.96. The molecule has 0 bridgehead atoms. The Bertz CT molecular complexity index is 368. The molecule has 16 heavy (non-hydrogen) atoms. The van der Waals surface area contributed by atoms with E-state index < -0.39 is 11.7 Å². The fourth-order valence-electron chi connectivity index (χ4n) is 1.67. The minimum absolute atomic E-state index is 0.207. The van der Waals surface area contributed by atoms with Crippen LogP contribution in [0.2, 0.25) is 0 Å². The van der Waals surface area contributed by atoms with Crippen LogP contribution in [0.3, 0.4) is 0 Å². The standard InChI is InChI=1S/C10H13F3N2S/c1-7-8(16-6-14-7)2-5-15-9(3-4-9)10(11,12)13/h6,15H,2-5H2,1H3. The van der Waals surface area contributed by atoms with Gasteiger partial charge in [-0.1, -0.05) is 0 Å². The molecule has 0 spiro atoms. The van der Waals surface area contributed by atoms with Crippen molar-refractivity contribution in [3.05, 3.63) is 16.1 Å². The molecule has 1 heterocycles. The van der Waals surface area contributed by atoms with Crippen LogP contribution in [-0.2, 0) is 6.42 Å². The Morgan fingerprint density at radius 2 is 2.19 bits per heavy atom. The summed E-state index contributed by atoms with van der Waals surface area (Å²) in [7, 11) is 0. The third-order valence-corrected chi connectivity index (χ3v) is 3.95. The number of aryl methyl sites for hydroxylation is 1. The lowest BCUT2D eigenvalue weighted by molar-refractivity contribution is -0.165. The van der Waals surface area contributed by atoms with Gasteiger partial charge in [0, 0.05) is 11.4 Å². The average Bonchev–Trinajstić information content (AvgIpc) is 2.87. The molecule has 0 unspecified atom stereocenters. The number of nitrogens with one attached hydrogen (secondary N) is 1. The summed E-state index contributed by atoms with van der Waals surface area (Å²) >= 11 is 1.50. The van der Waals surface area contributed by atoms with E-state index in [1.165, 1.54) is 11.3 Å². The van der Waals surface area contributed by atoms with Gasteiger partial charge in [0.1, 0.15) is 5.54 Å². The molecule has 0 radical (unpaired) electrons. The van der Waals surface area contributed by atoms with Crippen molar-refractivity contribution in [1.29, 1.82) is 0 Å². The zero-order chi connectivity index (χ0) is 11.8. The number of hydrogen-bond acceptors (Lipinski definition) is 3. The molecule has 1 aliphatic rings. The summed E-state index contributed by atoms with van der Waals surface area (Å²) in [6.45, 7) is 2.24. The molecule has 2 rings (SSSR count). The van der Waals surface area contributed by atoms with Crippen LogP contribution in [0.4, 0.5) is 13.2 Å². The van der Waals surface area contributed by atoms with Gasteiger partial charge in [-0.05, 0) is 26.2 Å². The number of halogens is 3. The average molecular weight is 250 g/mol. The van der Waals surface area contributed by atoms with Gasteiger partial charge in [0.25, 0.3) is 0 Å². The Hall–Kier alpha value is -0.620. The summed E-state index contributed by atoms with van der Waals surface area (Å²) in [5.41, 5.74) is 1.05. The number of rotatable bonds is 4. The molecule has 0 atom stereocenters. The number of nitrogens with zero attached hydrogens (tertiary/aromatic N) is 1. The van der Waals surface area contributed by atoms with E-state index in [1.807, 2.05) is 6.92 Å². The number of thiazole rings is 1. The topological polar surface area (TPSA) is 24.9 Å². The van der Waals surface area contributed by atoms with Gasteiger partial charge >= 0.3 is 6.18 Å². The maximum atomic E-state index is 12.6. The SMILES string of the molecule is Cc1ncsc1CCNC1(C(F)(F)F)CC1. The van der Waals surface area contributed by atoms with Gasteiger partial charge in [-0.2, -0.15) is 13.2 Å². The predicted molar refractivity (Wildman–Crippen MR) is 56.6 cm³/mol. The molecule has 1 aliphatic carbocycles. The van der Waals surface area contributed by atoms with Crippen molar-refractivity contribution in [2.75, 3.05) is 6.54 Å². The van der Waals surface area contributed by atoms with E-state index in [-0.39, 0.29) is 12.8 Å². The van der Waals surface area contributed by atoms with Crippen molar-refractivity contribution in [3.63, 3.8) is 0 Å². The van der Waals surface area contributed by atoms with E-state index in [2.05, 4.69) is 10.3 Å². The Morgan fingerprint density at radius 1 is 1.50 bits per heavy atom. The summed E-state index contributed by atoms with van der Waals surface area (Å²) < 4.78 is 37.7. The molecule has 0 aliphatic heterocycles. The summed E-state index contributed by atoms with van der Waals surface area (Å²) in [6.07, 6.45) is -3.08. The first-order valence-corrected chi connectivity index (χ1v) is 6.03. The first kappa shape index (κ1) is 11.9. The molecular formula is C10H13F3N2S. The maximum Gasteiger partial charge on any atom is 0.406 e. The highest BCUT2D eigenvalue weighted by molar-refractivity contribution is 7.09. The van der Waals surface area contributed by atoms with E-state index in [4.69, 9.17) is 0 Å². The van der Waals surface area contributed by atoms with Gasteiger partial charge in [-0.3, -0.25) is 0 Å². The van der Waals surface area contributed by atoms with E-state index >= 15 is 0 Å². The van der Waals surface area contributed by atoms with E-state index in [0.717, 1.165) is 10.6 Å². The molecule has 90 valence electrons. The Balaban J connectivity index is 1.83. The van der Waals surface area contributed by atoms with Crippen molar-refractivity contribution in [2.45, 2.75) is 37.9 Å². The molecule has 1 N–H and O–H groups in total. The smallest absolute Gasteiger partial charge is 0.303 e. The summed E-state index contributed by atoms with van der Waals surface area (Å²) in [6, 6.07) is 0. The van der Waals surface area contributed by atoms with Crippen molar-refractivity contribution in [3.8, 4) is 0 Å². The second-order valence-electron chi connectivity index (χ2n) is 4.12. The molecule has 0 aromatic carbocycles. The molecule has 2 nitrogen and oxygen atoms in total. The minimum atomic E-state index is -4.12. The van der Waals surface area contributed by atoms with Gasteiger partial charge in [0.05, 0.1) is 11.2 Å². The van der Waals surface area contributed by atoms with Crippen LogP contribution >= 0.6 is 11.3 Å². The van der Waals surface area contributed by atoms with E-state index in [1.54, 1.807) is 5.51 Å². The van der Waals surface area contributed by atoms with E-state index in [0.29, 0.717) is 13.0 Å². The van der Waals surface area contributed by atoms with Crippen LogP contribution < -0.4 is 5.32 Å². The fourth-order valence-corrected chi connectivity index (χ4v) is 2.45. The zero-order valence-electron chi connectivity index (χ0n) is 8.90. The van der Waals surface area contributed by atoms with Crippen LogP contribution in [0.25, 0.3) is 0 Å². The van der Waals surface area contributed by atoms with Crippen LogP contribution in [-0.4, -0.2) is 23.2 Å². The largest absolute Gasteiger partial charge is 0.406 e. The highest BCUT2D eigenvalue weighted by Crippen LogP contribution is 2.48. The summed E-state index contributed by atoms with van der Waals surface area (Å²) in [5.74, 6) is 0. The van der Waals surface area contributed by atoms with Crippen LogP contribution in [0.15, 0.2) is 5.51 Å². The van der Waals surface area contributed by atoms with E-state index in [9.17, 15) is 13.2 Å². The highest BCUT2D eigenvalue weighted by Gasteiger charge is 2.62. The summed E-state index contributed by atoms with van der Waals surface area (Å²) in [4.78, 5) is 5.13. The van der Waals surface area contributed by atoms with Crippen molar-refractivity contribution in [1.82, 2.24) is 10.3 Å². The second kappa shape index (κ2) is 4.00. The molecule has 1 aromatic rings. The zero-order valence-corrected chi connectivity index (χ0v) is 9.71. The number of alkyl halides is 3. The molecule has 6 heteroatoms. The molecule has 1 aromatic heterocycles. The van der Waals surface area contributed by atoms with Gasteiger partial charge < -0.3 is 5.32 Å². The first-order valence-electron chi connectivity index (χ1n) is 5.15. The van der Waals surface area contributed by atoms with Crippen molar-refractivity contribution < 1.29 is 13.2 Å². The van der Waals surface area contributed by atoms with Crippen molar-refractivity contribution >= 4 is 11.3 Å². The lowest BCUT2D eigenvalue weighted by Gasteiger charge is -2.20. The van der Waals surface area contributed by atoms with Gasteiger partial charge in [0.2, 0.25) is 0 Å². The molecule has 0 amide bonds. The normalized spacial score (nSPS) is 18.8. The summed E-state index contributed by atoms with van der Waals surface area (Å²) in [5, 5.41) is 2.63. The number of hydrogen-bond donors (Lipinski definition) is 1. The minimum Gasteiger partial charge on any atom is -0.303 e. The molecule has 1 saturated carbocycles. The predicted octanol–water partition coefficient (Wildman–Crippen LogP) is 2.68. The Labute approximate surface area is 95.9 Å². The fraction of sp³-hybridized carbons (Fsp3) is 0.700. The lowest BCUT2D eigenvalue weighted by Crippen LogP contribution is -2.45. The van der Waals surface area contributed by atoms with Crippen LogP contribution in [0, 0.1) is 6.92 Å². The lowest BCUT2D eigenvalue weighted by atomic mass is 10.2. The molecule has 1 fully saturated rings. The van der Waals surface area contributed by atoms with Gasteiger partial charge in [0.15, 0.2) is 0 Å². The number of aromatic nitrogens is 1. The Morgan fingerprint density at radius 3 is 2.62 bits per heavy atom. The van der Waals surface area contributed by atoms with Gasteiger partial charge in [-0.25, -0.2) is 4.98 Å². The highest BCUT2D eigenvalue weighted by atomic mass is 32.1. The molecular weight excluding hydrogens is 237 g/mol. The second-order valence-corrected chi connectivity index (χ2v) is 5.06. The van der Waals surface area contributed by atoms with Gasteiger partial charge in [-0.15, -0.1) is 11.3 Å². The monoisotopic (exact) mass is 250 g/mol. The molecule has 0 saturated heterocycles. The van der Waals surface area contributed by atoms with Crippen LogP contribution in [0.1, 0.15) is 23.4 Å². The maximum absolute atomic E-state index is 12.6. The van der Waals surface area contributed by atoms with Crippen molar-refractivity contribution in [2.24, 2.45) is 0 Å². The quantitative estimate of drug-likeness (QED) is 0.888. The third kappa shape index (κ3) is 2.22.